The second-order valence-electron chi connectivity index (χ2n) is 4.62. The lowest BCUT2D eigenvalue weighted by Gasteiger charge is -2.13. The van der Waals surface area contributed by atoms with Crippen molar-refractivity contribution < 1.29 is 22.3 Å². The molecule has 0 amide bonds. The van der Waals surface area contributed by atoms with Gasteiger partial charge in [0.25, 0.3) is 0 Å². The van der Waals surface area contributed by atoms with Crippen LogP contribution in [-0.4, -0.2) is 17.3 Å². The Morgan fingerprint density at radius 2 is 2.00 bits per heavy atom. The lowest BCUT2D eigenvalue weighted by Crippen LogP contribution is -2.24. The van der Waals surface area contributed by atoms with Crippen LogP contribution in [0.15, 0.2) is 33.7 Å². The summed E-state index contributed by atoms with van der Waals surface area (Å²) in [6.45, 7) is 3.62. The van der Waals surface area contributed by atoms with Gasteiger partial charge in [-0.3, -0.25) is 0 Å². The van der Waals surface area contributed by atoms with Crippen LogP contribution < -0.4 is 15.8 Å². The molecule has 0 fully saturated rings. The van der Waals surface area contributed by atoms with Gasteiger partial charge in [-0.25, -0.2) is 9.98 Å². The van der Waals surface area contributed by atoms with E-state index in [0.717, 1.165) is 5.69 Å². The van der Waals surface area contributed by atoms with E-state index in [9.17, 15) is 13.2 Å². The van der Waals surface area contributed by atoms with E-state index in [0.29, 0.717) is 11.7 Å². The molecular weight excluding hydrogens is 440 g/mol. The van der Waals surface area contributed by atoms with Crippen molar-refractivity contribution in [2.75, 3.05) is 5.32 Å². The molecular formula is C14H16F3IN4O2. The first-order valence-electron chi connectivity index (χ1n) is 6.59. The van der Waals surface area contributed by atoms with Gasteiger partial charge in [-0.05, 0) is 26.0 Å². The molecule has 2 aromatic rings. The Labute approximate surface area is 153 Å². The molecule has 1 heterocycles. The standard InChI is InChI=1S/C14H15F3N4O2.HI/c1-8-9(2)22-12(20-8)7-19-13(18)21-10-5-3-4-6-11(10)23-14(15,16)17;/h3-6H,7H2,1-2H3,(H3,18,19,21);1H. The van der Waals surface area contributed by atoms with Crippen LogP contribution in [0.25, 0.3) is 0 Å². The summed E-state index contributed by atoms with van der Waals surface area (Å²) < 4.78 is 46.2. The summed E-state index contributed by atoms with van der Waals surface area (Å²) in [7, 11) is 0. The van der Waals surface area contributed by atoms with E-state index in [4.69, 9.17) is 10.2 Å². The number of oxazole rings is 1. The Balaban J connectivity index is 0.00000288. The number of benzene rings is 1. The quantitative estimate of drug-likeness (QED) is 0.416. The van der Waals surface area contributed by atoms with Gasteiger partial charge < -0.3 is 20.2 Å². The monoisotopic (exact) mass is 456 g/mol. The van der Waals surface area contributed by atoms with Crippen molar-refractivity contribution in [2.24, 2.45) is 10.7 Å². The summed E-state index contributed by atoms with van der Waals surface area (Å²) >= 11 is 0. The second kappa shape index (κ2) is 8.22. The number of nitrogens with two attached hydrogens (primary N) is 1. The number of nitrogens with one attached hydrogen (secondary N) is 1. The van der Waals surface area contributed by atoms with Gasteiger partial charge in [-0.2, -0.15) is 0 Å². The molecule has 0 aliphatic heterocycles. The van der Waals surface area contributed by atoms with Crippen LogP contribution in [0.5, 0.6) is 5.75 Å². The Hall–Kier alpha value is -1.98. The number of aromatic nitrogens is 1. The first-order valence-corrected chi connectivity index (χ1v) is 6.59. The number of hydrogen-bond acceptors (Lipinski definition) is 4. The molecule has 0 saturated carbocycles. The minimum atomic E-state index is -4.79. The summed E-state index contributed by atoms with van der Waals surface area (Å²) in [6.07, 6.45) is -4.79. The predicted octanol–water partition coefficient (Wildman–Crippen LogP) is 3.73. The van der Waals surface area contributed by atoms with Gasteiger partial charge >= 0.3 is 6.36 Å². The Morgan fingerprint density at radius 1 is 1.33 bits per heavy atom. The molecule has 6 nitrogen and oxygen atoms in total. The highest BCUT2D eigenvalue weighted by Crippen LogP contribution is 2.29. The van der Waals surface area contributed by atoms with Gasteiger partial charge in [0, 0.05) is 0 Å². The van der Waals surface area contributed by atoms with Crippen LogP contribution in [0.2, 0.25) is 0 Å². The fourth-order valence-corrected chi connectivity index (χ4v) is 1.72. The first-order chi connectivity index (χ1) is 10.7. The molecule has 0 aliphatic carbocycles. The van der Waals surface area contributed by atoms with Crippen LogP contribution in [0.4, 0.5) is 18.9 Å². The van der Waals surface area contributed by atoms with Gasteiger partial charge in [0.1, 0.15) is 12.3 Å². The van der Waals surface area contributed by atoms with Gasteiger partial charge in [0.05, 0.1) is 11.4 Å². The van der Waals surface area contributed by atoms with E-state index in [1.165, 1.54) is 18.2 Å². The largest absolute Gasteiger partial charge is 0.573 e. The van der Waals surface area contributed by atoms with Crippen LogP contribution in [0.1, 0.15) is 17.3 Å². The van der Waals surface area contributed by atoms with E-state index in [1.807, 2.05) is 0 Å². The summed E-state index contributed by atoms with van der Waals surface area (Å²) in [5, 5.41) is 2.56. The van der Waals surface area contributed by atoms with E-state index in [-0.39, 0.29) is 42.2 Å². The number of aryl methyl sites for hydroxylation is 2. The minimum Gasteiger partial charge on any atom is -0.444 e. The molecule has 1 aromatic carbocycles. The molecule has 0 spiro atoms. The first kappa shape index (κ1) is 20.1. The number of guanidine groups is 1. The van der Waals surface area contributed by atoms with E-state index < -0.39 is 12.1 Å². The lowest BCUT2D eigenvalue weighted by atomic mass is 10.3. The average molecular weight is 456 g/mol. The summed E-state index contributed by atoms with van der Waals surface area (Å²) in [5.41, 5.74) is 6.45. The van der Waals surface area contributed by atoms with Gasteiger partial charge in [-0.15, -0.1) is 37.1 Å². The molecule has 0 aliphatic rings. The highest BCUT2D eigenvalue weighted by Gasteiger charge is 2.32. The van der Waals surface area contributed by atoms with Crippen molar-refractivity contribution in [3.05, 3.63) is 41.6 Å². The highest BCUT2D eigenvalue weighted by molar-refractivity contribution is 14.0. The van der Waals surface area contributed by atoms with Crippen molar-refractivity contribution in [1.29, 1.82) is 0 Å². The molecule has 0 unspecified atom stereocenters. The Morgan fingerprint density at radius 3 is 2.58 bits per heavy atom. The van der Waals surface area contributed by atoms with Gasteiger partial charge in [0.2, 0.25) is 5.89 Å². The van der Waals surface area contributed by atoms with Crippen LogP contribution >= 0.6 is 24.0 Å². The molecule has 3 N–H and O–H groups in total. The van der Waals surface area contributed by atoms with Crippen molar-refractivity contribution in [1.82, 2.24) is 4.98 Å². The molecule has 10 heteroatoms. The smallest absolute Gasteiger partial charge is 0.444 e. The number of aliphatic imine (C=N–C) groups is 1. The Bertz CT molecular complexity index is 697. The zero-order valence-electron chi connectivity index (χ0n) is 12.8. The van der Waals surface area contributed by atoms with Gasteiger partial charge in [-0.1, -0.05) is 12.1 Å². The molecule has 24 heavy (non-hydrogen) atoms. The van der Waals surface area contributed by atoms with E-state index in [1.54, 1.807) is 19.9 Å². The number of ether oxygens (including phenoxy) is 1. The molecule has 1 aromatic heterocycles. The number of nitrogens with zero attached hydrogens (tertiary/aromatic N) is 2. The van der Waals surface area contributed by atoms with Crippen LogP contribution in [-0.2, 0) is 6.54 Å². The molecule has 0 bridgehead atoms. The number of halogens is 4. The molecule has 0 atom stereocenters. The topological polar surface area (TPSA) is 85.7 Å². The molecule has 0 radical (unpaired) electrons. The van der Waals surface area contributed by atoms with E-state index >= 15 is 0 Å². The third-order valence-corrected chi connectivity index (χ3v) is 2.83. The van der Waals surface area contributed by atoms with Crippen molar-refractivity contribution in [2.45, 2.75) is 26.8 Å². The fraction of sp³-hybridized carbons (Fsp3) is 0.286. The highest BCUT2D eigenvalue weighted by atomic mass is 127. The maximum absolute atomic E-state index is 12.3. The summed E-state index contributed by atoms with van der Waals surface area (Å²) in [6, 6.07) is 5.52. The third-order valence-electron chi connectivity index (χ3n) is 2.83. The van der Waals surface area contributed by atoms with Crippen LogP contribution in [0.3, 0.4) is 0 Å². The van der Waals surface area contributed by atoms with Crippen LogP contribution in [0, 0.1) is 13.8 Å². The number of hydrogen-bond donors (Lipinski definition) is 2. The molecule has 0 saturated heterocycles. The van der Waals surface area contributed by atoms with Crippen molar-refractivity contribution in [3.63, 3.8) is 0 Å². The summed E-state index contributed by atoms with van der Waals surface area (Å²) in [5.74, 6) is 0.549. The Kier molecular flexibility index (Phi) is 6.87. The molecule has 132 valence electrons. The van der Waals surface area contributed by atoms with E-state index in [2.05, 4.69) is 20.0 Å². The number of anilines is 1. The maximum Gasteiger partial charge on any atom is 0.573 e. The molecule has 2 rings (SSSR count). The summed E-state index contributed by atoms with van der Waals surface area (Å²) in [4.78, 5) is 8.10. The number of para-hydroxylation sites is 2. The maximum atomic E-state index is 12.3. The number of alkyl halides is 3. The number of rotatable bonds is 4. The normalized spacial score (nSPS) is 11.8. The fourth-order valence-electron chi connectivity index (χ4n) is 1.72. The third kappa shape index (κ3) is 5.91. The zero-order valence-corrected chi connectivity index (χ0v) is 15.2. The second-order valence-corrected chi connectivity index (χ2v) is 4.62. The lowest BCUT2D eigenvalue weighted by molar-refractivity contribution is -0.274. The minimum absolute atomic E-state index is 0. The van der Waals surface area contributed by atoms with Crippen molar-refractivity contribution >= 4 is 35.6 Å². The average Bonchev–Trinajstić information content (AvgIpc) is 2.76. The van der Waals surface area contributed by atoms with Gasteiger partial charge in [0.15, 0.2) is 11.7 Å². The SMILES string of the molecule is Cc1nc(CN=C(N)Nc2ccccc2OC(F)(F)F)oc1C.I. The zero-order chi connectivity index (χ0) is 17.0. The van der Waals surface area contributed by atoms with Crippen molar-refractivity contribution in [3.8, 4) is 5.75 Å². The predicted molar refractivity (Wildman–Crippen MR) is 93.5 cm³/mol.